The van der Waals surface area contributed by atoms with E-state index in [9.17, 15) is 0 Å². The summed E-state index contributed by atoms with van der Waals surface area (Å²) in [4.78, 5) is 6.35. The standard InChI is InChI=1S/C33H37GeNS/c1-8-23(9-2)30-20-25(19-24-12-10-11-13-29(24)30)31-33-28(16-17-35-31)22(4)32(36-33)27-15-14-26(18-21(27)3)34(5,6)7/h10-20,23H,8-9H2,1-7H3. The number of pyridine rings is 1. The number of nitrogens with zero attached hydrogens (tertiary/aromatic N) is 1. The molecule has 0 unspecified atom stereocenters. The van der Waals surface area contributed by atoms with Crippen molar-refractivity contribution >= 4 is 49.9 Å². The first-order valence-corrected chi connectivity index (χ1v) is 21.4. The topological polar surface area (TPSA) is 12.9 Å². The van der Waals surface area contributed by atoms with Crippen molar-refractivity contribution in [2.75, 3.05) is 0 Å². The molecule has 0 saturated heterocycles. The van der Waals surface area contributed by atoms with E-state index in [1.54, 1.807) is 4.40 Å². The average molecular weight is 552 g/mol. The number of aryl methyl sites for hydroxylation is 2. The molecule has 0 atom stereocenters. The molecule has 0 N–H and O–H groups in total. The molecular weight excluding hydrogens is 515 g/mol. The van der Waals surface area contributed by atoms with Crippen LogP contribution >= 0.6 is 11.3 Å². The summed E-state index contributed by atoms with van der Waals surface area (Å²) in [6.07, 6.45) is 4.30. The molecule has 2 heterocycles. The summed E-state index contributed by atoms with van der Waals surface area (Å²) in [6.45, 7) is 9.17. The maximum absolute atomic E-state index is 4.97. The molecule has 3 aromatic carbocycles. The molecule has 3 heteroatoms. The molecule has 0 amide bonds. The third-order valence-corrected chi connectivity index (χ3v) is 13.4. The van der Waals surface area contributed by atoms with Gasteiger partial charge >= 0.3 is 179 Å². The monoisotopic (exact) mass is 553 g/mol. The van der Waals surface area contributed by atoms with Crippen molar-refractivity contribution < 1.29 is 0 Å². The Labute approximate surface area is 223 Å². The van der Waals surface area contributed by atoms with Crippen molar-refractivity contribution in [1.82, 2.24) is 4.98 Å². The summed E-state index contributed by atoms with van der Waals surface area (Å²) >= 11 is 0.0515. The number of hydrogen-bond donors (Lipinski definition) is 0. The number of benzene rings is 3. The second-order valence-corrected chi connectivity index (χ2v) is 22.8. The number of rotatable bonds is 6. The normalized spacial score (nSPS) is 12.2. The summed E-state index contributed by atoms with van der Waals surface area (Å²) in [5.74, 6) is 7.97. The van der Waals surface area contributed by atoms with Crippen LogP contribution in [0.4, 0.5) is 0 Å². The van der Waals surface area contributed by atoms with Crippen molar-refractivity contribution in [3.8, 4) is 21.7 Å². The van der Waals surface area contributed by atoms with Crippen LogP contribution in [0.5, 0.6) is 0 Å². The molecule has 1 nitrogen and oxygen atoms in total. The molecule has 0 aliphatic heterocycles. The van der Waals surface area contributed by atoms with E-state index in [1.807, 2.05) is 17.5 Å². The summed E-state index contributed by atoms with van der Waals surface area (Å²) in [5.41, 5.74) is 7.93. The van der Waals surface area contributed by atoms with Gasteiger partial charge < -0.3 is 0 Å². The first kappa shape index (κ1) is 25.2. The van der Waals surface area contributed by atoms with Gasteiger partial charge in [-0.3, -0.25) is 0 Å². The maximum atomic E-state index is 4.97. The van der Waals surface area contributed by atoms with Crippen LogP contribution in [0.1, 0.15) is 49.3 Å². The van der Waals surface area contributed by atoms with Gasteiger partial charge in [-0.25, -0.2) is 0 Å². The predicted molar refractivity (Wildman–Crippen MR) is 164 cm³/mol. The molecule has 0 aliphatic carbocycles. The van der Waals surface area contributed by atoms with Crippen molar-refractivity contribution in [1.29, 1.82) is 0 Å². The quantitative estimate of drug-likeness (QED) is 0.191. The van der Waals surface area contributed by atoms with Gasteiger partial charge in [-0.2, -0.15) is 0 Å². The second-order valence-electron chi connectivity index (χ2n) is 11.2. The van der Waals surface area contributed by atoms with E-state index >= 15 is 0 Å². The minimum absolute atomic E-state index is 0.559. The Morgan fingerprint density at radius 2 is 1.61 bits per heavy atom. The molecule has 36 heavy (non-hydrogen) atoms. The zero-order valence-electron chi connectivity index (χ0n) is 22.7. The van der Waals surface area contributed by atoms with Crippen LogP contribution in [0.25, 0.3) is 42.6 Å². The van der Waals surface area contributed by atoms with Crippen LogP contribution in [-0.4, -0.2) is 18.3 Å². The van der Waals surface area contributed by atoms with Gasteiger partial charge in [0.05, 0.1) is 0 Å². The van der Waals surface area contributed by atoms with E-state index < -0.39 is 13.3 Å². The summed E-state index contributed by atoms with van der Waals surface area (Å²) in [6, 6.07) is 23.0. The van der Waals surface area contributed by atoms with Crippen LogP contribution in [0, 0.1) is 13.8 Å². The van der Waals surface area contributed by atoms with Crippen molar-refractivity contribution in [2.45, 2.75) is 63.7 Å². The number of aromatic nitrogens is 1. The van der Waals surface area contributed by atoms with E-state index in [0.29, 0.717) is 5.92 Å². The van der Waals surface area contributed by atoms with Crippen LogP contribution in [0.3, 0.4) is 0 Å². The smallest absolute Gasteiger partial charge is 0.0616 e. The fraction of sp³-hybridized carbons (Fsp3) is 0.303. The Bertz CT molecular complexity index is 1570. The zero-order chi connectivity index (χ0) is 25.6. The number of fused-ring (bicyclic) bond motifs is 2. The number of hydrogen-bond acceptors (Lipinski definition) is 2. The van der Waals surface area contributed by atoms with E-state index in [-0.39, 0.29) is 0 Å². The van der Waals surface area contributed by atoms with Crippen molar-refractivity contribution in [3.63, 3.8) is 0 Å². The SMILES string of the molecule is CCC(CC)c1cc(-c2nccc3c(C)c(-c4cc[c]([Ge]([CH3])([CH3])[CH3])cc4C)sc23)cc2ccccc12. The molecule has 2 aromatic heterocycles. The third-order valence-electron chi connectivity index (χ3n) is 7.78. The molecule has 0 spiro atoms. The fourth-order valence-electron chi connectivity index (χ4n) is 5.54. The Kier molecular flexibility index (Phi) is 6.87. The van der Waals surface area contributed by atoms with Gasteiger partial charge in [-0.15, -0.1) is 0 Å². The fourth-order valence-corrected chi connectivity index (χ4v) is 9.53. The van der Waals surface area contributed by atoms with E-state index in [2.05, 4.69) is 106 Å². The molecule has 0 fully saturated rings. The van der Waals surface area contributed by atoms with Crippen LogP contribution in [0.2, 0.25) is 17.3 Å². The Morgan fingerprint density at radius 3 is 2.31 bits per heavy atom. The van der Waals surface area contributed by atoms with Gasteiger partial charge in [0.25, 0.3) is 0 Å². The van der Waals surface area contributed by atoms with Crippen LogP contribution < -0.4 is 4.40 Å². The van der Waals surface area contributed by atoms with E-state index in [4.69, 9.17) is 4.98 Å². The summed E-state index contributed by atoms with van der Waals surface area (Å²) in [7, 11) is 0. The van der Waals surface area contributed by atoms with Gasteiger partial charge in [-0.05, 0) is 12.8 Å². The molecule has 0 radical (unpaired) electrons. The first-order valence-electron chi connectivity index (χ1n) is 13.3. The molecule has 184 valence electrons. The van der Waals surface area contributed by atoms with Gasteiger partial charge in [0.2, 0.25) is 0 Å². The molecule has 0 bridgehead atoms. The minimum atomic E-state index is -1.86. The third kappa shape index (κ3) is 4.44. The van der Waals surface area contributed by atoms with Crippen molar-refractivity contribution in [3.05, 3.63) is 83.6 Å². The summed E-state index contributed by atoms with van der Waals surface area (Å²) in [5, 5.41) is 4.02. The number of thiophene rings is 1. The molecule has 0 saturated carbocycles. The zero-order valence-corrected chi connectivity index (χ0v) is 25.6. The van der Waals surface area contributed by atoms with Gasteiger partial charge in [0.15, 0.2) is 0 Å². The molecule has 5 aromatic rings. The molecule has 5 rings (SSSR count). The van der Waals surface area contributed by atoms with Gasteiger partial charge in [-0.1, -0.05) is 32.0 Å². The van der Waals surface area contributed by atoms with E-state index in [0.717, 1.165) is 18.5 Å². The summed E-state index contributed by atoms with van der Waals surface area (Å²) < 4.78 is 2.87. The Morgan fingerprint density at radius 1 is 0.861 bits per heavy atom. The second kappa shape index (κ2) is 9.80. The van der Waals surface area contributed by atoms with Gasteiger partial charge in [0.1, 0.15) is 0 Å². The average Bonchev–Trinajstić information content (AvgIpc) is 3.20. The molecule has 0 aliphatic rings. The van der Waals surface area contributed by atoms with Gasteiger partial charge in [0, 0.05) is 0 Å². The minimum Gasteiger partial charge on any atom is -0.0616 e. The van der Waals surface area contributed by atoms with Crippen LogP contribution in [-0.2, 0) is 0 Å². The van der Waals surface area contributed by atoms with E-state index in [1.165, 1.54) is 53.6 Å². The Balaban J connectivity index is 1.71. The Hall–Kier alpha value is -2.43. The predicted octanol–water partition coefficient (Wildman–Crippen LogP) is 9.85. The molecular formula is C33H37GeNS. The van der Waals surface area contributed by atoms with Crippen LogP contribution in [0.15, 0.2) is 66.9 Å². The first-order chi connectivity index (χ1) is 17.2. The van der Waals surface area contributed by atoms with Crippen molar-refractivity contribution in [2.24, 2.45) is 0 Å².